The second kappa shape index (κ2) is 8.73. The number of benzene rings is 1. The maximum absolute atomic E-state index is 12.1. The fourth-order valence-corrected chi connectivity index (χ4v) is 3.11. The molecule has 0 fully saturated rings. The highest BCUT2D eigenvalue weighted by atomic mass is 32.2. The van der Waals surface area contributed by atoms with Crippen LogP contribution in [0.4, 0.5) is 0 Å². The van der Waals surface area contributed by atoms with Crippen LogP contribution in [0.1, 0.15) is 44.1 Å². The van der Waals surface area contributed by atoms with Crippen LogP contribution in [-0.2, 0) is 27.8 Å². The fourth-order valence-electron chi connectivity index (χ4n) is 2.23. The van der Waals surface area contributed by atoms with E-state index >= 15 is 0 Å². The molecule has 0 spiro atoms. The zero-order chi connectivity index (χ0) is 17.5. The Morgan fingerprint density at radius 3 is 2.62 bits per heavy atom. The third-order valence-electron chi connectivity index (χ3n) is 3.35. The van der Waals surface area contributed by atoms with E-state index in [4.69, 9.17) is 4.52 Å². The molecule has 0 radical (unpaired) electrons. The van der Waals surface area contributed by atoms with Crippen molar-refractivity contribution >= 4 is 16.7 Å². The Kier molecular flexibility index (Phi) is 6.66. The molecule has 0 aliphatic rings. The smallest absolute Gasteiger partial charge is 0.233 e. The Hall–Kier alpha value is -2.02. The van der Waals surface area contributed by atoms with Gasteiger partial charge in [-0.2, -0.15) is 4.98 Å². The van der Waals surface area contributed by atoms with Crippen LogP contribution in [0.5, 0.6) is 0 Å². The van der Waals surface area contributed by atoms with Crippen molar-refractivity contribution in [2.24, 2.45) is 5.92 Å². The minimum Gasteiger partial charge on any atom is -0.349 e. The Morgan fingerprint density at radius 1 is 1.25 bits per heavy atom. The number of hydrogen-bond acceptors (Lipinski definition) is 5. The van der Waals surface area contributed by atoms with Crippen molar-refractivity contribution in [3.05, 3.63) is 47.6 Å². The van der Waals surface area contributed by atoms with E-state index in [1.165, 1.54) is 0 Å². The molecule has 2 aromatic rings. The van der Waals surface area contributed by atoms with Gasteiger partial charge in [-0.1, -0.05) is 49.3 Å². The number of nitrogens with zero attached hydrogens (tertiary/aromatic N) is 2. The number of rotatable bonds is 8. The molecule has 0 saturated carbocycles. The van der Waals surface area contributed by atoms with Crippen molar-refractivity contribution in [1.82, 2.24) is 15.5 Å². The summed E-state index contributed by atoms with van der Waals surface area (Å²) in [5, 5.41) is 6.66. The van der Waals surface area contributed by atoms with Gasteiger partial charge in [0.2, 0.25) is 11.8 Å². The molecule has 130 valence electrons. The highest BCUT2D eigenvalue weighted by Gasteiger charge is 2.15. The topological polar surface area (TPSA) is 85.1 Å². The number of amides is 1. The molecule has 1 aromatic heterocycles. The third-order valence-corrected chi connectivity index (χ3v) is 4.52. The van der Waals surface area contributed by atoms with Crippen LogP contribution in [0.2, 0.25) is 0 Å². The second-order valence-electron chi connectivity index (χ2n) is 6.13. The van der Waals surface area contributed by atoms with Crippen molar-refractivity contribution in [2.75, 3.05) is 5.75 Å². The van der Waals surface area contributed by atoms with Gasteiger partial charge in [0.25, 0.3) is 0 Å². The summed E-state index contributed by atoms with van der Waals surface area (Å²) in [7, 11) is -1.37. The summed E-state index contributed by atoms with van der Waals surface area (Å²) in [5.41, 5.74) is 1.01. The monoisotopic (exact) mass is 349 g/mol. The van der Waals surface area contributed by atoms with Gasteiger partial charge in [-0.3, -0.25) is 9.00 Å². The van der Waals surface area contributed by atoms with Gasteiger partial charge in [0.1, 0.15) is 5.75 Å². The molecule has 0 bridgehead atoms. The Balaban J connectivity index is 1.81. The molecule has 2 atom stereocenters. The van der Waals surface area contributed by atoms with Crippen molar-refractivity contribution in [2.45, 2.75) is 39.0 Å². The molecule has 24 heavy (non-hydrogen) atoms. The quantitative estimate of drug-likeness (QED) is 0.791. The lowest BCUT2D eigenvalue weighted by Crippen LogP contribution is -2.31. The highest BCUT2D eigenvalue weighted by Crippen LogP contribution is 2.11. The van der Waals surface area contributed by atoms with Crippen LogP contribution in [0, 0.1) is 5.92 Å². The molecule has 1 N–H and O–H groups in total. The lowest BCUT2D eigenvalue weighted by Gasteiger charge is -2.13. The number of carbonyl (C=O) groups is 1. The van der Waals surface area contributed by atoms with Gasteiger partial charge >= 0.3 is 0 Å². The molecule has 0 aliphatic heterocycles. The molecule has 6 nitrogen and oxygen atoms in total. The standard InChI is InChI=1S/C17H23N3O3S/c1-12(2)9-17-19-15(20-23-17)10-24(22)11-16(21)18-13(3)14-7-5-4-6-8-14/h4-8,12-13H,9-11H2,1-3H3,(H,18,21)/t13-,24+/m1/s1. The molecule has 1 amide bonds. The van der Waals surface area contributed by atoms with Gasteiger partial charge in [0, 0.05) is 17.2 Å². The first-order valence-corrected chi connectivity index (χ1v) is 9.43. The van der Waals surface area contributed by atoms with E-state index in [1.807, 2.05) is 37.3 Å². The van der Waals surface area contributed by atoms with Gasteiger partial charge in [-0.05, 0) is 18.4 Å². The van der Waals surface area contributed by atoms with Crippen LogP contribution < -0.4 is 5.32 Å². The summed E-state index contributed by atoms with van der Waals surface area (Å²) in [4.78, 5) is 16.2. The maximum Gasteiger partial charge on any atom is 0.233 e. The summed E-state index contributed by atoms with van der Waals surface area (Å²) >= 11 is 0. The Morgan fingerprint density at radius 2 is 1.96 bits per heavy atom. The van der Waals surface area contributed by atoms with Gasteiger partial charge in [-0.25, -0.2) is 0 Å². The van der Waals surface area contributed by atoms with Gasteiger partial charge < -0.3 is 9.84 Å². The molecule has 1 heterocycles. The normalized spacial score (nSPS) is 13.7. The second-order valence-corrected chi connectivity index (χ2v) is 7.59. The summed E-state index contributed by atoms with van der Waals surface area (Å²) in [6.07, 6.45) is 0.689. The zero-order valence-corrected chi connectivity index (χ0v) is 15.0. The van der Waals surface area contributed by atoms with Crippen molar-refractivity contribution in [3.8, 4) is 0 Å². The van der Waals surface area contributed by atoms with E-state index in [2.05, 4.69) is 29.3 Å². The fraction of sp³-hybridized carbons (Fsp3) is 0.471. The van der Waals surface area contributed by atoms with E-state index in [-0.39, 0.29) is 23.5 Å². The highest BCUT2D eigenvalue weighted by molar-refractivity contribution is 7.84. The van der Waals surface area contributed by atoms with E-state index in [1.54, 1.807) is 0 Å². The number of hydrogen-bond donors (Lipinski definition) is 1. The zero-order valence-electron chi connectivity index (χ0n) is 14.2. The van der Waals surface area contributed by atoms with Crippen LogP contribution in [0.25, 0.3) is 0 Å². The number of carbonyl (C=O) groups excluding carboxylic acids is 1. The van der Waals surface area contributed by atoms with E-state index < -0.39 is 10.8 Å². The summed E-state index contributed by atoms with van der Waals surface area (Å²) in [6, 6.07) is 9.52. The SMILES string of the molecule is CC(C)Cc1nc(C[S@](=O)CC(=O)N[C@H](C)c2ccccc2)no1. The van der Waals surface area contributed by atoms with E-state index in [9.17, 15) is 9.00 Å². The maximum atomic E-state index is 12.1. The average molecular weight is 349 g/mol. The van der Waals surface area contributed by atoms with E-state index in [0.29, 0.717) is 24.1 Å². The van der Waals surface area contributed by atoms with Crippen LogP contribution in [0.15, 0.2) is 34.9 Å². The minimum atomic E-state index is -1.37. The number of aromatic nitrogens is 2. The molecule has 0 aliphatic carbocycles. The Bertz CT molecular complexity index is 685. The minimum absolute atomic E-state index is 0.0781. The number of nitrogens with one attached hydrogen (secondary N) is 1. The lowest BCUT2D eigenvalue weighted by atomic mass is 10.1. The van der Waals surface area contributed by atoms with Crippen molar-refractivity contribution in [1.29, 1.82) is 0 Å². The largest absolute Gasteiger partial charge is 0.349 e. The average Bonchev–Trinajstić information content (AvgIpc) is 2.93. The molecule has 0 unspecified atom stereocenters. The summed E-state index contributed by atoms with van der Waals surface area (Å²) in [5.74, 6) is 1.12. The molecule has 7 heteroatoms. The molecule has 1 aromatic carbocycles. The van der Waals surface area contributed by atoms with E-state index in [0.717, 1.165) is 5.56 Å². The van der Waals surface area contributed by atoms with Gasteiger partial charge in [-0.15, -0.1) is 0 Å². The molecular formula is C17H23N3O3S. The molecule has 0 saturated heterocycles. The van der Waals surface area contributed by atoms with Crippen LogP contribution in [0.3, 0.4) is 0 Å². The summed E-state index contributed by atoms with van der Waals surface area (Å²) in [6.45, 7) is 6.01. The lowest BCUT2D eigenvalue weighted by molar-refractivity contribution is -0.119. The molecular weight excluding hydrogens is 326 g/mol. The predicted molar refractivity (Wildman–Crippen MR) is 92.6 cm³/mol. The first-order valence-electron chi connectivity index (χ1n) is 7.94. The van der Waals surface area contributed by atoms with Crippen molar-refractivity contribution in [3.63, 3.8) is 0 Å². The molecule has 2 rings (SSSR count). The first-order chi connectivity index (χ1) is 11.4. The first kappa shape index (κ1) is 18.3. The summed E-state index contributed by atoms with van der Waals surface area (Å²) < 4.78 is 17.2. The van der Waals surface area contributed by atoms with Gasteiger partial charge in [0.05, 0.1) is 11.8 Å². The third kappa shape index (κ3) is 5.88. The van der Waals surface area contributed by atoms with Crippen molar-refractivity contribution < 1.29 is 13.5 Å². The predicted octanol–water partition coefficient (Wildman–Crippen LogP) is 2.39. The Labute approximate surface area is 144 Å². The van der Waals surface area contributed by atoms with Gasteiger partial charge in [0.15, 0.2) is 5.82 Å². The van der Waals surface area contributed by atoms with Crippen LogP contribution >= 0.6 is 0 Å². The van der Waals surface area contributed by atoms with Crippen LogP contribution in [-0.4, -0.2) is 26.0 Å².